The number of benzene rings is 1. The van der Waals surface area contributed by atoms with Gasteiger partial charge >= 0.3 is 0 Å². The van der Waals surface area contributed by atoms with E-state index in [1.807, 2.05) is 12.1 Å². The Hall–Kier alpha value is -1.28. The molecule has 0 bridgehead atoms. The molecule has 11 heavy (non-hydrogen) atoms. The third kappa shape index (κ3) is 0.917. The minimum absolute atomic E-state index is 0.520. The van der Waals surface area contributed by atoms with Crippen molar-refractivity contribution in [3.63, 3.8) is 0 Å². The molecule has 2 aromatic rings. The van der Waals surface area contributed by atoms with E-state index in [9.17, 15) is 0 Å². The molecule has 1 heterocycles. The number of rotatable bonds is 1. The molecule has 2 heteroatoms. The highest BCUT2D eigenvalue weighted by Crippen LogP contribution is 2.16. The molecule has 0 saturated carbocycles. The first-order valence-electron chi connectivity index (χ1n) is 4.44. The highest BCUT2D eigenvalue weighted by atomic mass is 14.7. The molecule has 0 spiro atoms. The summed E-state index contributed by atoms with van der Waals surface area (Å²) >= 11 is 0. The van der Waals surface area contributed by atoms with Gasteiger partial charge in [0.1, 0.15) is 0 Å². The Morgan fingerprint density at radius 2 is 2.36 bits per heavy atom. The number of fused-ring (bicyclic) bond motifs is 1. The van der Waals surface area contributed by atoms with Crippen LogP contribution in [-0.2, 0) is 6.50 Å². The van der Waals surface area contributed by atoms with Crippen LogP contribution in [0.4, 0.5) is 0 Å². The van der Waals surface area contributed by atoms with E-state index in [1.165, 1.54) is 0 Å². The first kappa shape index (κ1) is 4.57. The Kier molecular flexibility index (Phi) is 0.996. The molecule has 0 saturated heterocycles. The van der Waals surface area contributed by atoms with Crippen molar-refractivity contribution in [3.8, 4) is 0 Å². The maximum atomic E-state index is 7.42. The van der Waals surface area contributed by atoms with Gasteiger partial charge in [0, 0.05) is 26.3 Å². The molecular formula is C9H10N2. The van der Waals surface area contributed by atoms with Crippen LogP contribution in [0.5, 0.6) is 0 Å². The largest absolute Gasteiger partial charge is 0.361 e. The molecule has 0 aliphatic rings. The topological polar surface area (TPSA) is 41.8 Å². The molecular weight excluding hydrogens is 136 g/mol. The van der Waals surface area contributed by atoms with Gasteiger partial charge < -0.3 is 10.7 Å². The number of hydrogen-bond acceptors (Lipinski definition) is 1. The van der Waals surface area contributed by atoms with Gasteiger partial charge in [-0.15, -0.1) is 0 Å². The Morgan fingerprint density at radius 3 is 3.18 bits per heavy atom. The molecule has 0 amide bonds. The molecule has 0 aliphatic carbocycles. The Balaban J connectivity index is 2.75. The van der Waals surface area contributed by atoms with Gasteiger partial charge in [-0.3, -0.25) is 0 Å². The van der Waals surface area contributed by atoms with Crippen molar-refractivity contribution in [2.75, 3.05) is 0 Å². The summed E-state index contributed by atoms with van der Waals surface area (Å²) in [6.45, 7) is -1.78. The van der Waals surface area contributed by atoms with Crippen LogP contribution in [0.3, 0.4) is 0 Å². The second kappa shape index (κ2) is 2.40. The molecule has 0 aliphatic heterocycles. The van der Waals surface area contributed by atoms with E-state index in [0.29, 0.717) is 5.56 Å². The van der Waals surface area contributed by atoms with Crippen LogP contribution >= 0.6 is 0 Å². The number of nitrogens with two attached hydrogens (primary N) is 1. The maximum absolute atomic E-state index is 7.42. The lowest BCUT2D eigenvalue weighted by Gasteiger charge is -1.96. The molecule has 56 valence electrons. The lowest BCUT2D eigenvalue weighted by molar-refractivity contribution is 1.09. The summed E-state index contributed by atoms with van der Waals surface area (Å²) in [5.74, 6) is 0. The molecule has 2 rings (SSSR count). The van der Waals surface area contributed by atoms with Crippen molar-refractivity contribution in [3.05, 3.63) is 36.0 Å². The van der Waals surface area contributed by atoms with Crippen LogP contribution in [0.15, 0.2) is 30.5 Å². The van der Waals surface area contributed by atoms with E-state index in [-0.39, 0.29) is 0 Å². The summed E-state index contributed by atoms with van der Waals surface area (Å²) in [5.41, 5.74) is 6.83. The lowest BCUT2D eigenvalue weighted by Crippen LogP contribution is -1.95. The molecule has 1 aromatic heterocycles. The van der Waals surface area contributed by atoms with Crippen LogP contribution in [0.2, 0.25) is 0 Å². The second-order valence-corrected chi connectivity index (χ2v) is 2.39. The molecule has 3 N–H and O–H groups in total. The first-order valence-corrected chi connectivity index (χ1v) is 3.44. The van der Waals surface area contributed by atoms with E-state index < -0.39 is 6.50 Å². The Labute approximate surface area is 67.8 Å². The highest BCUT2D eigenvalue weighted by molar-refractivity contribution is 5.82. The third-order valence-corrected chi connectivity index (χ3v) is 1.75. The summed E-state index contributed by atoms with van der Waals surface area (Å²) in [5, 5.41) is 0.843. The number of aromatic nitrogens is 1. The van der Waals surface area contributed by atoms with Crippen molar-refractivity contribution >= 4 is 10.9 Å². The van der Waals surface area contributed by atoms with Gasteiger partial charge in [-0.1, -0.05) is 12.1 Å². The van der Waals surface area contributed by atoms with E-state index in [0.717, 1.165) is 10.9 Å². The molecule has 0 fully saturated rings. The van der Waals surface area contributed by atoms with Crippen molar-refractivity contribution < 1.29 is 2.74 Å². The van der Waals surface area contributed by atoms with E-state index >= 15 is 0 Å². The summed E-state index contributed by atoms with van der Waals surface area (Å²) in [6, 6.07) is 7.22. The monoisotopic (exact) mass is 148 g/mol. The van der Waals surface area contributed by atoms with Gasteiger partial charge in [0.2, 0.25) is 0 Å². The first-order chi connectivity index (χ1) is 6.09. The summed E-state index contributed by atoms with van der Waals surface area (Å²) in [7, 11) is 0. The molecule has 0 unspecified atom stereocenters. The fourth-order valence-electron chi connectivity index (χ4n) is 1.21. The van der Waals surface area contributed by atoms with Gasteiger partial charge in [0.05, 0.1) is 0 Å². The summed E-state index contributed by atoms with van der Waals surface area (Å²) in [4.78, 5) is 3.01. The van der Waals surface area contributed by atoms with Crippen molar-refractivity contribution in [1.82, 2.24) is 4.98 Å². The van der Waals surface area contributed by atoms with Gasteiger partial charge in [-0.25, -0.2) is 0 Å². The predicted molar refractivity (Wildman–Crippen MR) is 46.2 cm³/mol. The zero-order valence-electron chi connectivity index (χ0n) is 7.96. The molecule has 0 atom stereocenters. The maximum Gasteiger partial charge on any atom is 0.0477 e. The number of nitrogens with one attached hydrogen (secondary N) is 1. The Morgan fingerprint density at radius 1 is 1.45 bits per heavy atom. The van der Waals surface area contributed by atoms with Crippen LogP contribution in [0, 0.1) is 0 Å². The fraction of sp³-hybridized carbons (Fsp3) is 0.111. The minimum Gasteiger partial charge on any atom is -0.361 e. The van der Waals surface area contributed by atoms with Crippen LogP contribution < -0.4 is 5.73 Å². The minimum atomic E-state index is -1.78. The van der Waals surface area contributed by atoms with Crippen molar-refractivity contribution in [1.29, 1.82) is 0 Å². The van der Waals surface area contributed by atoms with E-state index in [4.69, 9.17) is 8.48 Å². The molecule has 2 nitrogen and oxygen atoms in total. The third-order valence-electron chi connectivity index (χ3n) is 1.75. The molecule has 1 aromatic carbocycles. The average molecular weight is 148 g/mol. The van der Waals surface area contributed by atoms with Gasteiger partial charge in [-0.2, -0.15) is 0 Å². The van der Waals surface area contributed by atoms with E-state index in [2.05, 4.69) is 4.98 Å². The SMILES string of the molecule is [2H]C([2H])(N)c1cccc2[nH]ccc12. The number of H-pyrrole nitrogens is 1. The van der Waals surface area contributed by atoms with Crippen LogP contribution in [0.1, 0.15) is 8.30 Å². The predicted octanol–water partition coefficient (Wildman–Crippen LogP) is 1.63. The zero-order chi connectivity index (χ0) is 9.47. The average Bonchev–Trinajstić information content (AvgIpc) is 2.48. The van der Waals surface area contributed by atoms with E-state index in [1.54, 1.807) is 18.3 Å². The summed E-state index contributed by atoms with van der Waals surface area (Å²) < 4.78 is 14.8. The second-order valence-electron chi connectivity index (χ2n) is 2.39. The lowest BCUT2D eigenvalue weighted by atomic mass is 10.1. The Bertz CT molecular complexity index is 428. The standard InChI is InChI=1S/C9H10N2/c10-6-7-2-1-3-9-8(7)4-5-11-9/h1-5,11H,6,10H2/i6D2. The fourth-order valence-corrected chi connectivity index (χ4v) is 1.21. The quantitative estimate of drug-likeness (QED) is 0.634. The molecule has 0 radical (unpaired) electrons. The number of aromatic amines is 1. The normalized spacial score (nSPS) is 14.6. The van der Waals surface area contributed by atoms with Crippen molar-refractivity contribution in [2.45, 2.75) is 6.50 Å². The smallest absolute Gasteiger partial charge is 0.0477 e. The van der Waals surface area contributed by atoms with Gasteiger partial charge in [0.15, 0.2) is 0 Å². The van der Waals surface area contributed by atoms with Gasteiger partial charge in [0.25, 0.3) is 0 Å². The highest BCUT2D eigenvalue weighted by Gasteiger charge is 1.97. The van der Waals surface area contributed by atoms with Crippen LogP contribution in [0.25, 0.3) is 10.9 Å². The summed E-state index contributed by atoms with van der Waals surface area (Å²) in [6.07, 6.45) is 1.78. The van der Waals surface area contributed by atoms with Crippen molar-refractivity contribution in [2.24, 2.45) is 5.73 Å². The number of hydrogen-bond donors (Lipinski definition) is 2. The zero-order valence-corrected chi connectivity index (χ0v) is 5.96. The van der Waals surface area contributed by atoms with Crippen LogP contribution in [-0.4, -0.2) is 4.98 Å². The van der Waals surface area contributed by atoms with Gasteiger partial charge in [-0.05, 0) is 17.7 Å².